The highest BCUT2D eigenvalue weighted by Gasteiger charge is 2.18. The monoisotopic (exact) mass is 399 g/mol. The van der Waals surface area contributed by atoms with Crippen molar-refractivity contribution in [3.05, 3.63) is 101 Å². The van der Waals surface area contributed by atoms with Crippen LogP contribution in [0.4, 0.5) is 5.00 Å². The first-order chi connectivity index (χ1) is 14.1. The maximum atomic E-state index is 12.9. The number of benzene rings is 3. The van der Waals surface area contributed by atoms with Gasteiger partial charge in [0.05, 0.1) is 9.88 Å². The molecular weight excluding hydrogens is 378 g/mol. The van der Waals surface area contributed by atoms with Crippen LogP contribution in [-0.2, 0) is 0 Å². The van der Waals surface area contributed by atoms with Crippen molar-refractivity contribution < 1.29 is 9.53 Å². The molecule has 29 heavy (non-hydrogen) atoms. The minimum absolute atomic E-state index is 0.0500. The summed E-state index contributed by atoms with van der Waals surface area (Å²) in [7, 11) is 4.00. The van der Waals surface area contributed by atoms with Gasteiger partial charge in [0.1, 0.15) is 11.5 Å². The SMILES string of the molecule is CN(C)c1sc(C(=O)c2ccccc2)cc1-c1ccc(Oc2ccccc2)cc1. The number of nitrogens with zero attached hydrogens (tertiary/aromatic N) is 1. The van der Waals surface area contributed by atoms with Crippen molar-refractivity contribution in [1.82, 2.24) is 0 Å². The molecule has 0 N–H and O–H groups in total. The molecule has 4 rings (SSSR count). The van der Waals surface area contributed by atoms with Gasteiger partial charge in [-0.25, -0.2) is 0 Å². The molecule has 0 radical (unpaired) electrons. The molecule has 0 fully saturated rings. The first kappa shape index (κ1) is 19.0. The number of carbonyl (C=O) groups excluding carboxylic acids is 1. The van der Waals surface area contributed by atoms with Gasteiger partial charge in [-0.1, -0.05) is 60.7 Å². The Kier molecular flexibility index (Phi) is 5.45. The number of hydrogen-bond donors (Lipinski definition) is 0. The number of thiophene rings is 1. The Balaban J connectivity index is 1.64. The van der Waals surface area contributed by atoms with Gasteiger partial charge in [-0.2, -0.15) is 0 Å². The number of carbonyl (C=O) groups is 1. The molecule has 0 saturated carbocycles. The molecule has 0 aliphatic carbocycles. The molecule has 0 spiro atoms. The van der Waals surface area contributed by atoms with E-state index in [0.717, 1.165) is 32.5 Å². The normalized spacial score (nSPS) is 10.6. The highest BCUT2D eigenvalue weighted by Crippen LogP contribution is 2.39. The predicted octanol–water partition coefficient (Wildman–Crippen LogP) is 6.50. The second kappa shape index (κ2) is 8.33. The number of rotatable bonds is 6. The average molecular weight is 400 g/mol. The van der Waals surface area contributed by atoms with E-state index < -0.39 is 0 Å². The van der Waals surface area contributed by atoms with Gasteiger partial charge in [0.25, 0.3) is 0 Å². The summed E-state index contributed by atoms with van der Waals surface area (Å²) < 4.78 is 5.89. The van der Waals surface area contributed by atoms with E-state index in [1.165, 1.54) is 11.3 Å². The molecule has 0 bridgehead atoms. The molecule has 4 heteroatoms. The Labute approximate surface area is 174 Å². The van der Waals surface area contributed by atoms with E-state index in [1.54, 1.807) is 0 Å². The summed E-state index contributed by atoms with van der Waals surface area (Å²) in [5, 5.41) is 1.06. The van der Waals surface area contributed by atoms with Gasteiger partial charge >= 0.3 is 0 Å². The third-order valence-electron chi connectivity index (χ3n) is 4.52. The highest BCUT2D eigenvalue weighted by atomic mass is 32.1. The smallest absolute Gasteiger partial charge is 0.203 e. The summed E-state index contributed by atoms with van der Waals surface area (Å²) in [6.45, 7) is 0. The first-order valence-corrected chi connectivity index (χ1v) is 10.2. The van der Waals surface area contributed by atoms with Crippen molar-refractivity contribution in [3.63, 3.8) is 0 Å². The zero-order valence-electron chi connectivity index (χ0n) is 16.3. The Hall–Kier alpha value is -3.37. The van der Waals surface area contributed by atoms with Crippen LogP contribution in [0.1, 0.15) is 15.2 Å². The van der Waals surface area contributed by atoms with E-state index in [-0.39, 0.29) is 5.78 Å². The van der Waals surface area contributed by atoms with Crippen LogP contribution in [-0.4, -0.2) is 19.9 Å². The second-order valence-corrected chi connectivity index (χ2v) is 7.89. The maximum Gasteiger partial charge on any atom is 0.203 e. The zero-order chi connectivity index (χ0) is 20.2. The molecule has 3 nitrogen and oxygen atoms in total. The topological polar surface area (TPSA) is 29.5 Å². The van der Waals surface area contributed by atoms with Crippen molar-refractivity contribution in [3.8, 4) is 22.6 Å². The predicted molar refractivity (Wildman–Crippen MR) is 120 cm³/mol. The number of ether oxygens (including phenoxy) is 1. The molecule has 0 saturated heterocycles. The standard InChI is InChI=1S/C25H21NO2S/c1-26(2)25-22(17-23(29-25)24(27)19-9-5-3-6-10-19)18-13-15-21(16-14-18)28-20-11-7-4-8-12-20/h3-17H,1-2H3. The van der Waals surface area contributed by atoms with Gasteiger partial charge < -0.3 is 9.64 Å². The minimum atomic E-state index is 0.0500. The fourth-order valence-electron chi connectivity index (χ4n) is 3.09. The van der Waals surface area contributed by atoms with Gasteiger partial charge in [0.15, 0.2) is 0 Å². The fourth-order valence-corrected chi connectivity index (χ4v) is 4.16. The van der Waals surface area contributed by atoms with E-state index >= 15 is 0 Å². The second-order valence-electron chi connectivity index (χ2n) is 6.86. The summed E-state index contributed by atoms with van der Waals surface area (Å²) in [5.41, 5.74) is 2.81. The van der Waals surface area contributed by atoms with Crippen molar-refractivity contribution in [2.45, 2.75) is 0 Å². The number of hydrogen-bond acceptors (Lipinski definition) is 4. The lowest BCUT2D eigenvalue weighted by molar-refractivity contribution is 0.104. The lowest BCUT2D eigenvalue weighted by atomic mass is 10.1. The fraction of sp³-hybridized carbons (Fsp3) is 0.0800. The summed E-state index contributed by atoms with van der Waals surface area (Å²) in [5.74, 6) is 1.64. The molecule has 1 heterocycles. The van der Waals surface area contributed by atoms with Crippen LogP contribution in [0.3, 0.4) is 0 Å². The van der Waals surface area contributed by atoms with Crippen LogP contribution in [0.5, 0.6) is 11.5 Å². The molecule has 1 aromatic heterocycles. The van der Waals surface area contributed by atoms with E-state index in [2.05, 4.69) is 4.90 Å². The Morgan fingerprint density at radius 1 is 0.793 bits per heavy atom. The molecule has 0 aliphatic heterocycles. The molecule has 4 aromatic rings. The van der Waals surface area contributed by atoms with Crippen LogP contribution < -0.4 is 9.64 Å². The summed E-state index contributed by atoms with van der Waals surface area (Å²) in [4.78, 5) is 15.7. The van der Waals surface area contributed by atoms with Crippen LogP contribution >= 0.6 is 11.3 Å². The summed E-state index contributed by atoms with van der Waals surface area (Å²) in [6, 6.07) is 29.1. The van der Waals surface area contributed by atoms with Gasteiger partial charge in [0, 0.05) is 25.2 Å². The maximum absolute atomic E-state index is 12.9. The van der Waals surface area contributed by atoms with Crippen LogP contribution in [0.2, 0.25) is 0 Å². The van der Waals surface area contributed by atoms with Gasteiger partial charge in [-0.05, 0) is 35.9 Å². The van der Waals surface area contributed by atoms with Crippen molar-refractivity contribution >= 4 is 22.1 Å². The molecule has 3 aromatic carbocycles. The van der Waals surface area contributed by atoms with Gasteiger partial charge in [0.2, 0.25) is 5.78 Å². The summed E-state index contributed by atoms with van der Waals surface area (Å²) >= 11 is 1.52. The van der Waals surface area contributed by atoms with E-state index in [1.807, 2.05) is 105 Å². The average Bonchev–Trinajstić information content (AvgIpc) is 3.21. The van der Waals surface area contributed by atoms with E-state index in [0.29, 0.717) is 5.56 Å². The van der Waals surface area contributed by atoms with Gasteiger partial charge in [-0.15, -0.1) is 11.3 Å². The van der Waals surface area contributed by atoms with Crippen molar-refractivity contribution in [2.75, 3.05) is 19.0 Å². The quantitative estimate of drug-likeness (QED) is 0.346. The third-order valence-corrected chi connectivity index (χ3v) is 5.82. The molecular formula is C25H21NO2S. The number of para-hydroxylation sites is 1. The van der Waals surface area contributed by atoms with E-state index in [9.17, 15) is 4.79 Å². The van der Waals surface area contributed by atoms with Crippen LogP contribution in [0.15, 0.2) is 91.0 Å². The number of ketones is 1. The molecule has 0 atom stereocenters. The summed E-state index contributed by atoms with van der Waals surface area (Å²) in [6.07, 6.45) is 0. The first-order valence-electron chi connectivity index (χ1n) is 9.36. The van der Waals surface area contributed by atoms with Crippen LogP contribution in [0, 0.1) is 0 Å². The Morgan fingerprint density at radius 3 is 2.00 bits per heavy atom. The Morgan fingerprint density at radius 2 is 1.38 bits per heavy atom. The molecule has 0 amide bonds. The zero-order valence-corrected chi connectivity index (χ0v) is 17.1. The third kappa shape index (κ3) is 4.23. The Bertz CT molecular complexity index is 1100. The number of anilines is 1. The highest BCUT2D eigenvalue weighted by molar-refractivity contribution is 7.18. The van der Waals surface area contributed by atoms with Crippen molar-refractivity contribution in [2.24, 2.45) is 0 Å². The lowest BCUT2D eigenvalue weighted by Crippen LogP contribution is -2.07. The largest absolute Gasteiger partial charge is 0.457 e. The van der Waals surface area contributed by atoms with Crippen molar-refractivity contribution in [1.29, 1.82) is 0 Å². The minimum Gasteiger partial charge on any atom is -0.457 e. The molecule has 144 valence electrons. The van der Waals surface area contributed by atoms with Crippen LogP contribution in [0.25, 0.3) is 11.1 Å². The molecule has 0 unspecified atom stereocenters. The molecule has 0 aliphatic rings. The lowest BCUT2D eigenvalue weighted by Gasteiger charge is -2.13. The van der Waals surface area contributed by atoms with E-state index in [4.69, 9.17) is 4.74 Å². The van der Waals surface area contributed by atoms with Gasteiger partial charge in [-0.3, -0.25) is 4.79 Å².